The molecule has 9 nitrogen and oxygen atoms in total. The molecule has 0 aliphatic heterocycles. The molecule has 0 bridgehead atoms. The fraction of sp³-hybridized carbons (Fsp3) is 0.0476. The van der Waals surface area contributed by atoms with Gasteiger partial charge in [0.2, 0.25) is 5.91 Å². The van der Waals surface area contributed by atoms with Crippen LogP contribution in [0.1, 0.15) is 26.9 Å². The van der Waals surface area contributed by atoms with Gasteiger partial charge in [0.05, 0.1) is 22.9 Å². The zero-order chi connectivity index (χ0) is 36.6. The molecule has 1 unspecified atom stereocenters. The Morgan fingerprint density at radius 3 is 2.23 bits per heavy atom. The highest BCUT2D eigenvalue weighted by molar-refractivity contribution is 8.00. The summed E-state index contributed by atoms with van der Waals surface area (Å²) >= 11 is 2.81. The normalized spacial score (nSPS) is 11.8. The van der Waals surface area contributed by atoms with E-state index in [9.17, 15) is 14.4 Å². The van der Waals surface area contributed by atoms with Gasteiger partial charge in [-0.3, -0.25) is 14.4 Å². The van der Waals surface area contributed by atoms with Crippen molar-refractivity contribution >= 4 is 67.9 Å². The van der Waals surface area contributed by atoms with E-state index < -0.39 is 17.1 Å². The van der Waals surface area contributed by atoms with Gasteiger partial charge in [-0.2, -0.15) is 0 Å². The van der Waals surface area contributed by atoms with Crippen LogP contribution in [0.3, 0.4) is 0 Å². The first-order chi connectivity index (χ1) is 25.9. The number of fused-ring (bicyclic) bond motifs is 1. The van der Waals surface area contributed by atoms with Crippen molar-refractivity contribution in [2.75, 3.05) is 17.7 Å². The monoisotopic (exact) mass is 736 g/mol. The molecule has 3 amide bonds. The maximum atomic E-state index is 13.7. The largest absolute Gasteiger partial charge is 0.496 e. The first-order valence-electron chi connectivity index (χ1n) is 16.5. The lowest BCUT2D eigenvalue weighted by Crippen LogP contribution is -2.30. The maximum Gasteiger partial charge on any atom is 0.272 e. The maximum absolute atomic E-state index is 13.7. The molecule has 7 aromatic rings. The Morgan fingerprint density at radius 1 is 0.774 bits per heavy atom. The second-order valence-electron chi connectivity index (χ2n) is 11.6. The molecule has 0 aliphatic carbocycles. The highest BCUT2D eigenvalue weighted by Crippen LogP contribution is 2.38. The van der Waals surface area contributed by atoms with Crippen LogP contribution in [-0.2, 0) is 9.59 Å². The first kappa shape index (κ1) is 35.0. The molecular weight excluding hydrogens is 705 g/mol. The lowest BCUT2D eigenvalue weighted by molar-refractivity contribution is -0.116. The Kier molecular flexibility index (Phi) is 10.7. The SMILES string of the molecule is COc1ccccc1-c1ccc(C=C(NC(=O)c2ccccc2)C(=O)Nc2ccc(SC(C(=O)Nc3nc4ccccc4s3)c3ccccc3)cc2)o1. The number of nitrogens with one attached hydrogen (secondary N) is 3. The van der Waals surface area contributed by atoms with E-state index in [1.807, 2.05) is 97.1 Å². The molecule has 0 saturated heterocycles. The van der Waals surface area contributed by atoms with E-state index in [1.54, 1.807) is 55.6 Å². The van der Waals surface area contributed by atoms with Crippen molar-refractivity contribution in [3.8, 4) is 17.1 Å². The summed E-state index contributed by atoms with van der Waals surface area (Å²) in [6.07, 6.45) is 1.48. The molecule has 262 valence electrons. The molecule has 5 aromatic carbocycles. The number of rotatable bonds is 12. The number of methoxy groups -OCH3 is 1. The van der Waals surface area contributed by atoms with E-state index >= 15 is 0 Å². The summed E-state index contributed by atoms with van der Waals surface area (Å²) in [6, 6.07) is 44.0. The van der Waals surface area contributed by atoms with E-state index in [0.29, 0.717) is 33.7 Å². The number of ether oxygens (including phenoxy) is 1. The number of carbonyl (C=O) groups excluding carboxylic acids is 3. The predicted molar refractivity (Wildman–Crippen MR) is 211 cm³/mol. The van der Waals surface area contributed by atoms with Crippen LogP contribution in [0, 0.1) is 0 Å². The molecule has 2 heterocycles. The Bertz CT molecular complexity index is 2370. The molecule has 0 spiro atoms. The third kappa shape index (κ3) is 8.55. The van der Waals surface area contributed by atoms with Gasteiger partial charge in [-0.05, 0) is 78.4 Å². The second-order valence-corrected chi connectivity index (χ2v) is 13.9. The Balaban J connectivity index is 1.09. The lowest BCUT2D eigenvalue weighted by atomic mass is 10.1. The van der Waals surface area contributed by atoms with Crippen LogP contribution in [0.2, 0.25) is 0 Å². The van der Waals surface area contributed by atoms with E-state index in [4.69, 9.17) is 9.15 Å². The molecule has 0 saturated carbocycles. The van der Waals surface area contributed by atoms with Crippen molar-refractivity contribution in [1.29, 1.82) is 0 Å². The molecular formula is C42H32N4O5S2. The molecule has 3 N–H and O–H groups in total. The fourth-order valence-corrected chi connectivity index (χ4v) is 7.35. The zero-order valence-electron chi connectivity index (χ0n) is 28.3. The average Bonchev–Trinajstić information content (AvgIpc) is 3.84. The molecule has 7 rings (SSSR count). The van der Waals surface area contributed by atoms with Crippen LogP contribution in [-0.4, -0.2) is 29.8 Å². The number of amides is 3. The van der Waals surface area contributed by atoms with Crippen LogP contribution in [0.15, 0.2) is 161 Å². The molecule has 2 aromatic heterocycles. The minimum absolute atomic E-state index is 0.0195. The van der Waals surface area contributed by atoms with Gasteiger partial charge >= 0.3 is 0 Å². The van der Waals surface area contributed by atoms with Crippen LogP contribution >= 0.6 is 23.1 Å². The van der Waals surface area contributed by atoms with Crippen molar-refractivity contribution < 1.29 is 23.5 Å². The number of thiazole rings is 1. The molecule has 0 radical (unpaired) electrons. The van der Waals surface area contributed by atoms with Crippen molar-refractivity contribution in [2.24, 2.45) is 0 Å². The number of nitrogens with zero attached hydrogens (tertiary/aromatic N) is 1. The number of carbonyl (C=O) groups is 3. The van der Waals surface area contributed by atoms with Gasteiger partial charge in [-0.1, -0.05) is 84.1 Å². The summed E-state index contributed by atoms with van der Waals surface area (Å²) in [5.74, 6) is 0.325. The third-order valence-corrected chi connectivity index (χ3v) is 10.3. The van der Waals surface area contributed by atoms with Gasteiger partial charge in [-0.25, -0.2) is 4.98 Å². The number of furan rings is 1. The Labute approximate surface area is 313 Å². The van der Waals surface area contributed by atoms with E-state index in [1.165, 1.54) is 29.2 Å². The minimum Gasteiger partial charge on any atom is -0.496 e. The molecule has 0 aliphatic rings. The summed E-state index contributed by atoms with van der Waals surface area (Å²) in [4.78, 5) is 45.9. The van der Waals surface area contributed by atoms with Crippen LogP contribution < -0.4 is 20.7 Å². The highest BCUT2D eigenvalue weighted by Gasteiger charge is 2.24. The molecule has 11 heteroatoms. The smallest absolute Gasteiger partial charge is 0.272 e. The number of para-hydroxylation sites is 2. The second kappa shape index (κ2) is 16.3. The van der Waals surface area contributed by atoms with Gasteiger partial charge in [0, 0.05) is 22.2 Å². The van der Waals surface area contributed by atoms with Crippen LogP contribution in [0.25, 0.3) is 27.6 Å². The Hall–Kier alpha value is -6.43. The summed E-state index contributed by atoms with van der Waals surface area (Å²) in [5.41, 5.74) is 3.27. The van der Waals surface area contributed by atoms with E-state index in [-0.39, 0.29) is 11.6 Å². The summed E-state index contributed by atoms with van der Waals surface area (Å²) in [7, 11) is 1.58. The van der Waals surface area contributed by atoms with Crippen molar-refractivity contribution in [3.63, 3.8) is 0 Å². The summed E-state index contributed by atoms with van der Waals surface area (Å²) in [6.45, 7) is 0. The fourth-order valence-electron chi connectivity index (χ4n) is 5.46. The lowest BCUT2D eigenvalue weighted by Gasteiger charge is -2.16. The van der Waals surface area contributed by atoms with E-state index in [2.05, 4.69) is 20.9 Å². The number of thioether (sulfide) groups is 1. The van der Waals surface area contributed by atoms with Gasteiger partial charge in [0.1, 0.15) is 28.2 Å². The average molecular weight is 737 g/mol. The van der Waals surface area contributed by atoms with Crippen molar-refractivity contribution in [2.45, 2.75) is 10.1 Å². The predicted octanol–water partition coefficient (Wildman–Crippen LogP) is 9.45. The topological polar surface area (TPSA) is 123 Å². The molecule has 0 fully saturated rings. The number of benzene rings is 5. The molecule has 53 heavy (non-hydrogen) atoms. The van der Waals surface area contributed by atoms with Crippen molar-refractivity contribution in [3.05, 3.63) is 168 Å². The van der Waals surface area contributed by atoms with E-state index in [0.717, 1.165) is 26.2 Å². The summed E-state index contributed by atoms with van der Waals surface area (Å²) in [5, 5.41) is 8.58. The number of aromatic nitrogens is 1. The number of hydrogen-bond donors (Lipinski definition) is 3. The Morgan fingerprint density at radius 2 is 1.47 bits per heavy atom. The van der Waals surface area contributed by atoms with Gasteiger partial charge < -0.3 is 25.1 Å². The zero-order valence-corrected chi connectivity index (χ0v) is 29.9. The standard InChI is InChI=1S/C42H32N4O5S2/c1-50-35-18-10-8-16-32(35)36-25-22-30(51-36)26-34(44-39(47)28-14-6-3-7-15-28)40(48)43-29-20-23-31(24-21-29)52-38(27-12-4-2-5-13-27)41(49)46-42-45-33-17-9-11-19-37(33)53-42/h2-26,38H,1H3,(H,43,48)(H,44,47)(H,45,46,49). The minimum atomic E-state index is -0.569. The van der Waals surface area contributed by atoms with Crippen LogP contribution in [0.4, 0.5) is 10.8 Å². The molecule has 1 atom stereocenters. The van der Waals surface area contributed by atoms with Gasteiger partial charge in [-0.15, -0.1) is 11.8 Å². The third-order valence-electron chi connectivity index (χ3n) is 8.05. The number of hydrogen-bond acceptors (Lipinski definition) is 8. The number of anilines is 2. The first-order valence-corrected chi connectivity index (χ1v) is 18.2. The highest BCUT2D eigenvalue weighted by atomic mass is 32.2. The summed E-state index contributed by atoms with van der Waals surface area (Å²) < 4.78 is 12.5. The van der Waals surface area contributed by atoms with Crippen LogP contribution in [0.5, 0.6) is 5.75 Å². The van der Waals surface area contributed by atoms with Gasteiger partial charge in [0.15, 0.2) is 5.13 Å². The van der Waals surface area contributed by atoms with Crippen molar-refractivity contribution in [1.82, 2.24) is 10.3 Å². The van der Waals surface area contributed by atoms with Gasteiger partial charge in [0.25, 0.3) is 11.8 Å². The quantitative estimate of drug-likeness (QED) is 0.0844.